The first kappa shape index (κ1) is 25.0. The highest BCUT2D eigenvalue weighted by Crippen LogP contribution is 2.27. The van der Waals surface area contributed by atoms with Crippen molar-refractivity contribution in [2.75, 3.05) is 19.8 Å². The van der Waals surface area contributed by atoms with Crippen molar-refractivity contribution in [3.05, 3.63) is 0 Å². The number of carboxylic acid groups (broad SMARTS) is 2. The normalized spacial score (nSPS) is 9.23. The van der Waals surface area contributed by atoms with Crippen molar-refractivity contribution < 1.29 is 30.0 Å². The second-order valence-corrected chi connectivity index (χ2v) is 4.47. The van der Waals surface area contributed by atoms with Gasteiger partial charge in [0, 0.05) is 5.41 Å². The second-order valence-electron chi connectivity index (χ2n) is 4.47. The fourth-order valence-electron chi connectivity index (χ4n) is 1.29. The first-order chi connectivity index (χ1) is 10.2. The van der Waals surface area contributed by atoms with Crippen molar-refractivity contribution in [1.29, 1.82) is 0 Å². The van der Waals surface area contributed by atoms with Crippen molar-refractivity contribution in [2.24, 2.45) is 11.1 Å². The fraction of sp³-hybridized carbons (Fsp3) is 0.714. The van der Waals surface area contributed by atoms with Gasteiger partial charge in [0.05, 0.1) is 19.8 Å². The van der Waals surface area contributed by atoms with Gasteiger partial charge in [0.1, 0.15) is 0 Å². The first-order valence-corrected chi connectivity index (χ1v) is 6.85. The molecule has 0 aliphatic rings. The van der Waals surface area contributed by atoms with Gasteiger partial charge in [-0.25, -0.2) is 9.59 Å². The Bertz CT molecular complexity index is 312. The van der Waals surface area contributed by atoms with Gasteiger partial charge in [-0.1, -0.05) is 32.6 Å². The Labute approximate surface area is 131 Å². The summed E-state index contributed by atoms with van der Waals surface area (Å²) in [4.78, 5) is 18.3. The maximum absolute atomic E-state index is 9.55. The summed E-state index contributed by atoms with van der Waals surface area (Å²) in [5, 5.41) is 35.1. The Hall–Kier alpha value is -1.98. The molecular weight excluding hydrogens is 292 g/mol. The molecule has 0 fully saturated rings. The predicted octanol–water partition coefficient (Wildman–Crippen LogP) is 1.07. The highest BCUT2D eigenvalue weighted by Gasteiger charge is 2.25. The number of aliphatic hydroxyl groups excluding tert-OH is 2. The molecule has 0 heterocycles. The Morgan fingerprint density at radius 2 is 1.68 bits per heavy atom. The highest BCUT2D eigenvalue weighted by molar-refractivity contribution is 5.64. The molecule has 2 amide bonds. The van der Waals surface area contributed by atoms with Gasteiger partial charge in [-0.15, -0.1) is 6.42 Å². The molecule has 0 rings (SSSR count). The molecule has 0 radical (unpaired) electrons. The molecule has 0 unspecified atom stereocenters. The molecular formula is C14H28N2O6. The first-order valence-electron chi connectivity index (χ1n) is 6.85. The number of nitrogens with two attached hydrogens (primary N) is 1. The number of rotatable bonds is 7. The van der Waals surface area contributed by atoms with Gasteiger partial charge < -0.3 is 31.5 Å². The van der Waals surface area contributed by atoms with Crippen LogP contribution in [0, 0.1) is 17.8 Å². The lowest BCUT2D eigenvalue weighted by molar-refractivity contribution is 0.0420. The fourth-order valence-corrected chi connectivity index (χ4v) is 1.29. The summed E-state index contributed by atoms with van der Waals surface area (Å²) in [5.74, 6) is 2.11. The smallest absolute Gasteiger partial charge is 0.405 e. The number of primary amides is 1. The van der Waals surface area contributed by atoms with Gasteiger partial charge in [-0.3, -0.25) is 0 Å². The second kappa shape index (κ2) is 17.1. The van der Waals surface area contributed by atoms with Crippen molar-refractivity contribution in [1.82, 2.24) is 5.32 Å². The van der Waals surface area contributed by atoms with Crippen LogP contribution in [0.4, 0.5) is 9.59 Å². The van der Waals surface area contributed by atoms with Crippen molar-refractivity contribution >= 4 is 12.2 Å². The number of unbranched alkanes of at least 4 members (excludes halogenated alkanes) is 1. The summed E-state index contributed by atoms with van der Waals surface area (Å²) in [5.41, 5.74) is 3.82. The van der Waals surface area contributed by atoms with Crippen molar-refractivity contribution in [3.8, 4) is 12.3 Å². The van der Waals surface area contributed by atoms with E-state index in [4.69, 9.17) is 31.6 Å². The quantitative estimate of drug-likeness (QED) is 0.386. The van der Waals surface area contributed by atoms with Gasteiger partial charge in [0.15, 0.2) is 0 Å². The number of aliphatic hydroxyl groups is 2. The summed E-state index contributed by atoms with van der Waals surface area (Å²) in [6.07, 6.45) is 6.30. The summed E-state index contributed by atoms with van der Waals surface area (Å²) in [6, 6.07) is 0. The maximum Gasteiger partial charge on any atom is 0.405 e. The Morgan fingerprint density at radius 3 is 1.86 bits per heavy atom. The van der Waals surface area contributed by atoms with Crippen LogP contribution in [0.15, 0.2) is 0 Å². The molecule has 8 heteroatoms. The highest BCUT2D eigenvalue weighted by atomic mass is 16.4. The summed E-state index contributed by atoms with van der Waals surface area (Å²) >= 11 is 0. The minimum absolute atomic E-state index is 0.0787. The number of amides is 2. The molecule has 0 saturated heterocycles. The van der Waals surface area contributed by atoms with E-state index in [9.17, 15) is 4.79 Å². The van der Waals surface area contributed by atoms with E-state index in [0.29, 0.717) is 0 Å². The lowest BCUT2D eigenvalue weighted by atomic mass is 9.82. The molecule has 0 saturated carbocycles. The van der Waals surface area contributed by atoms with Gasteiger partial charge >= 0.3 is 12.2 Å². The molecule has 0 aromatic rings. The lowest BCUT2D eigenvalue weighted by Gasteiger charge is -2.27. The van der Waals surface area contributed by atoms with Crippen LogP contribution in [-0.2, 0) is 0 Å². The van der Waals surface area contributed by atoms with Crippen molar-refractivity contribution in [2.45, 2.75) is 39.5 Å². The van der Waals surface area contributed by atoms with Gasteiger partial charge in [0.2, 0.25) is 0 Å². The molecule has 0 aliphatic carbocycles. The summed E-state index contributed by atoms with van der Waals surface area (Å²) in [6.45, 7) is 4.44. The largest absolute Gasteiger partial charge is 0.465 e. The Kier molecular flexibility index (Phi) is 19.4. The van der Waals surface area contributed by atoms with E-state index in [2.05, 4.69) is 18.6 Å². The molecule has 0 spiro atoms. The van der Waals surface area contributed by atoms with Crippen LogP contribution in [0.2, 0.25) is 0 Å². The number of hydrogen-bond acceptors (Lipinski definition) is 4. The van der Waals surface area contributed by atoms with Crippen LogP contribution in [-0.4, -0.2) is 52.4 Å². The third kappa shape index (κ3) is 20.3. The Balaban J connectivity index is -0.000000280. The standard InChI is InChI=1S/C9H20O2.C4H5NO2.CH3NO2/c1-3-5-6-9(4-2,7-10)8-11;1-2-3-5-4(6)7;2-1(3)4/h10-11H,3-8H2,1-2H3;1,5H,3H2,(H,6,7);2H2,(H,3,4). The topological polar surface area (TPSA) is 153 Å². The number of hydrogen-bond donors (Lipinski definition) is 6. The summed E-state index contributed by atoms with van der Waals surface area (Å²) < 4.78 is 0. The number of carbonyl (C=O) groups is 2. The van der Waals surface area contributed by atoms with E-state index in [1.165, 1.54) is 0 Å². The molecule has 130 valence electrons. The molecule has 0 atom stereocenters. The molecule has 8 nitrogen and oxygen atoms in total. The Morgan fingerprint density at radius 1 is 1.23 bits per heavy atom. The van der Waals surface area contributed by atoms with Crippen LogP contribution in [0.1, 0.15) is 39.5 Å². The van der Waals surface area contributed by atoms with Crippen LogP contribution in [0.3, 0.4) is 0 Å². The third-order valence-electron chi connectivity index (χ3n) is 2.82. The molecule has 0 bridgehead atoms. The van der Waals surface area contributed by atoms with Gasteiger partial charge in [-0.05, 0) is 12.8 Å². The monoisotopic (exact) mass is 320 g/mol. The maximum atomic E-state index is 9.55. The molecule has 0 aliphatic heterocycles. The molecule has 7 N–H and O–H groups in total. The minimum Gasteiger partial charge on any atom is -0.465 e. The van der Waals surface area contributed by atoms with Crippen molar-refractivity contribution in [3.63, 3.8) is 0 Å². The van der Waals surface area contributed by atoms with Gasteiger partial charge in [-0.2, -0.15) is 0 Å². The average Bonchev–Trinajstić information content (AvgIpc) is 2.47. The van der Waals surface area contributed by atoms with E-state index in [1.54, 1.807) is 0 Å². The minimum atomic E-state index is -1.33. The zero-order valence-electron chi connectivity index (χ0n) is 13.2. The summed E-state index contributed by atoms with van der Waals surface area (Å²) in [7, 11) is 0. The zero-order chi connectivity index (χ0) is 18.0. The predicted molar refractivity (Wildman–Crippen MR) is 83.5 cm³/mol. The molecule has 22 heavy (non-hydrogen) atoms. The van der Waals surface area contributed by atoms with Gasteiger partial charge in [0.25, 0.3) is 0 Å². The zero-order valence-corrected chi connectivity index (χ0v) is 13.2. The number of nitrogens with one attached hydrogen (secondary N) is 1. The van der Waals surface area contributed by atoms with E-state index >= 15 is 0 Å². The van der Waals surface area contributed by atoms with E-state index in [-0.39, 0.29) is 25.2 Å². The van der Waals surface area contributed by atoms with E-state index in [0.717, 1.165) is 25.7 Å². The van der Waals surface area contributed by atoms with Crippen LogP contribution in [0.25, 0.3) is 0 Å². The average molecular weight is 320 g/mol. The number of terminal acetylenes is 1. The molecule has 0 aromatic heterocycles. The van der Waals surface area contributed by atoms with Crippen LogP contribution >= 0.6 is 0 Å². The van der Waals surface area contributed by atoms with Crippen LogP contribution < -0.4 is 11.1 Å². The molecule has 0 aromatic carbocycles. The SMILES string of the molecule is C#CCNC(=O)O.CCCCC(CC)(CO)CO.NC(=O)O. The van der Waals surface area contributed by atoms with E-state index in [1.807, 2.05) is 12.2 Å². The van der Waals surface area contributed by atoms with E-state index < -0.39 is 12.2 Å². The van der Waals surface area contributed by atoms with Crippen LogP contribution in [0.5, 0.6) is 0 Å². The third-order valence-corrected chi connectivity index (χ3v) is 2.82. The lowest BCUT2D eigenvalue weighted by Crippen LogP contribution is -2.28.